The summed E-state index contributed by atoms with van der Waals surface area (Å²) in [4.78, 5) is 11.4. The lowest BCUT2D eigenvalue weighted by atomic mass is 10.2. The average molecular weight is 343 g/mol. The highest BCUT2D eigenvalue weighted by Crippen LogP contribution is 2.25. The lowest BCUT2D eigenvalue weighted by Crippen LogP contribution is -2.19. The summed E-state index contributed by atoms with van der Waals surface area (Å²) in [6.45, 7) is 0. The van der Waals surface area contributed by atoms with E-state index in [1.165, 1.54) is 37.4 Å². The van der Waals surface area contributed by atoms with Crippen LogP contribution in [0.25, 0.3) is 0 Å². The van der Waals surface area contributed by atoms with Gasteiger partial charge in [-0.05, 0) is 42.5 Å². The number of carbonyl (C=O) groups is 1. The maximum absolute atomic E-state index is 12.8. The Hall–Kier alpha value is -2.12. The SMILES string of the molecule is CNC(=O)c1ccc(Cl)c(S(=O)(=O)Nc2ccc(F)cc2)c1. The van der Waals surface area contributed by atoms with Gasteiger partial charge in [0.15, 0.2) is 0 Å². The van der Waals surface area contributed by atoms with Gasteiger partial charge in [-0.3, -0.25) is 9.52 Å². The van der Waals surface area contributed by atoms with Gasteiger partial charge >= 0.3 is 0 Å². The summed E-state index contributed by atoms with van der Waals surface area (Å²) in [6.07, 6.45) is 0. The van der Waals surface area contributed by atoms with Gasteiger partial charge in [0.05, 0.1) is 5.02 Å². The van der Waals surface area contributed by atoms with Crippen LogP contribution in [0.1, 0.15) is 10.4 Å². The summed E-state index contributed by atoms with van der Waals surface area (Å²) in [6, 6.07) is 8.73. The fourth-order valence-corrected chi connectivity index (χ4v) is 3.31. The second kappa shape index (κ2) is 6.33. The molecule has 0 heterocycles. The van der Waals surface area contributed by atoms with Crippen molar-refractivity contribution in [1.29, 1.82) is 0 Å². The Labute approximate surface area is 132 Å². The highest BCUT2D eigenvalue weighted by molar-refractivity contribution is 7.92. The molecule has 0 aromatic heterocycles. The summed E-state index contributed by atoms with van der Waals surface area (Å²) in [5, 5.41) is 2.37. The maximum Gasteiger partial charge on any atom is 0.263 e. The first-order valence-electron chi connectivity index (χ1n) is 6.13. The third-order valence-corrected chi connectivity index (χ3v) is 4.67. The molecule has 0 unspecified atom stereocenters. The molecule has 0 fully saturated rings. The van der Waals surface area contributed by atoms with Crippen LogP contribution in [0.5, 0.6) is 0 Å². The van der Waals surface area contributed by atoms with Crippen molar-refractivity contribution < 1.29 is 17.6 Å². The van der Waals surface area contributed by atoms with Crippen molar-refractivity contribution in [2.24, 2.45) is 0 Å². The number of amides is 1. The zero-order chi connectivity index (χ0) is 16.3. The predicted molar refractivity (Wildman–Crippen MR) is 82.1 cm³/mol. The molecule has 0 radical (unpaired) electrons. The fraction of sp³-hybridized carbons (Fsp3) is 0.0714. The first-order valence-corrected chi connectivity index (χ1v) is 7.99. The molecule has 0 aliphatic heterocycles. The predicted octanol–water partition coefficient (Wildman–Crippen LogP) is 2.64. The third-order valence-electron chi connectivity index (χ3n) is 2.81. The lowest BCUT2D eigenvalue weighted by molar-refractivity contribution is 0.0963. The number of rotatable bonds is 4. The van der Waals surface area contributed by atoms with Crippen LogP contribution in [0.3, 0.4) is 0 Å². The molecule has 2 rings (SSSR count). The molecule has 116 valence electrons. The van der Waals surface area contributed by atoms with E-state index in [9.17, 15) is 17.6 Å². The molecule has 22 heavy (non-hydrogen) atoms. The van der Waals surface area contributed by atoms with Crippen molar-refractivity contribution in [1.82, 2.24) is 5.32 Å². The monoisotopic (exact) mass is 342 g/mol. The van der Waals surface area contributed by atoms with Gasteiger partial charge in [-0.15, -0.1) is 0 Å². The van der Waals surface area contributed by atoms with E-state index < -0.39 is 21.7 Å². The summed E-state index contributed by atoms with van der Waals surface area (Å²) in [5.74, 6) is -0.919. The van der Waals surface area contributed by atoms with Gasteiger partial charge in [0, 0.05) is 18.3 Å². The Bertz CT molecular complexity index is 807. The third kappa shape index (κ3) is 3.55. The average Bonchev–Trinajstić information content (AvgIpc) is 2.49. The van der Waals surface area contributed by atoms with Crippen LogP contribution in [0, 0.1) is 5.82 Å². The Kier molecular flexibility index (Phi) is 4.68. The minimum atomic E-state index is -4.01. The summed E-state index contributed by atoms with van der Waals surface area (Å²) in [7, 11) is -2.57. The summed E-state index contributed by atoms with van der Waals surface area (Å²) < 4.78 is 39.8. The molecule has 0 bridgehead atoms. The van der Waals surface area contributed by atoms with Crippen molar-refractivity contribution in [3.05, 3.63) is 58.9 Å². The quantitative estimate of drug-likeness (QED) is 0.897. The van der Waals surface area contributed by atoms with Crippen molar-refractivity contribution in [2.75, 3.05) is 11.8 Å². The Morgan fingerprint density at radius 2 is 1.77 bits per heavy atom. The first-order chi connectivity index (χ1) is 10.3. The molecule has 0 saturated heterocycles. The van der Waals surface area contributed by atoms with Crippen LogP contribution in [-0.2, 0) is 10.0 Å². The van der Waals surface area contributed by atoms with Crippen LogP contribution < -0.4 is 10.0 Å². The van der Waals surface area contributed by atoms with E-state index >= 15 is 0 Å². The van der Waals surface area contributed by atoms with Crippen LogP contribution >= 0.6 is 11.6 Å². The second-order valence-electron chi connectivity index (χ2n) is 4.34. The second-order valence-corrected chi connectivity index (χ2v) is 6.39. The van der Waals surface area contributed by atoms with E-state index in [2.05, 4.69) is 10.0 Å². The van der Waals surface area contributed by atoms with Gasteiger partial charge in [-0.25, -0.2) is 12.8 Å². The number of anilines is 1. The molecule has 5 nitrogen and oxygen atoms in total. The normalized spacial score (nSPS) is 11.0. The molecule has 2 N–H and O–H groups in total. The number of hydrogen-bond donors (Lipinski definition) is 2. The topological polar surface area (TPSA) is 75.3 Å². The van der Waals surface area contributed by atoms with Crippen LogP contribution in [-0.4, -0.2) is 21.4 Å². The molecule has 0 saturated carbocycles. The van der Waals surface area contributed by atoms with Crippen molar-refractivity contribution >= 4 is 33.2 Å². The van der Waals surface area contributed by atoms with E-state index in [1.807, 2.05) is 0 Å². The van der Waals surface area contributed by atoms with Crippen LogP contribution in [0.4, 0.5) is 10.1 Å². The van der Waals surface area contributed by atoms with Gasteiger partial charge < -0.3 is 5.32 Å². The molecule has 2 aromatic carbocycles. The highest BCUT2D eigenvalue weighted by atomic mass is 35.5. The van der Waals surface area contributed by atoms with E-state index in [1.54, 1.807) is 0 Å². The lowest BCUT2D eigenvalue weighted by Gasteiger charge is -2.11. The molecule has 2 aromatic rings. The molecule has 0 atom stereocenters. The van der Waals surface area contributed by atoms with E-state index in [0.717, 1.165) is 12.1 Å². The van der Waals surface area contributed by atoms with Gasteiger partial charge in [0.1, 0.15) is 10.7 Å². The zero-order valence-corrected chi connectivity index (χ0v) is 13.0. The largest absolute Gasteiger partial charge is 0.355 e. The minimum absolute atomic E-state index is 0.0257. The molecule has 0 spiro atoms. The number of carbonyl (C=O) groups excluding carboxylic acids is 1. The molecule has 0 aliphatic carbocycles. The van der Waals surface area contributed by atoms with Crippen molar-refractivity contribution in [3.63, 3.8) is 0 Å². The number of halogens is 2. The van der Waals surface area contributed by atoms with E-state index in [0.29, 0.717) is 0 Å². The summed E-state index contributed by atoms with van der Waals surface area (Å²) >= 11 is 5.91. The van der Waals surface area contributed by atoms with Crippen LogP contribution in [0.15, 0.2) is 47.4 Å². The first kappa shape index (κ1) is 16.3. The molecule has 8 heteroatoms. The van der Waals surface area contributed by atoms with Gasteiger partial charge in [0.2, 0.25) is 0 Å². The number of nitrogens with one attached hydrogen (secondary N) is 2. The van der Waals surface area contributed by atoms with Crippen molar-refractivity contribution in [2.45, 2.75) is 4.90 Å². The smallest absolute Gasteiger partial charge is 0.263 e. The highest BCUT2D eigenvalue weighted by Gasteiger charge is 2.20. The number of benzene rings is 2. The Morgan fingerprint density at radius 1 is 1.14 bits per heavy atom. The standard InChI is InChI=1S/C14H12ClFN2O3S/c1-17-14(19)9-2-7-12(15)13(8-9)22(20,21)18-11-5-3-10(16)4-6-11/h2-8,18H,1H3,(H,17,19). The molecule has 0 aliphatic rings. The fourth-order valence-electron chi connectivity index (χ4n) is 1.72. The zero-order valence-electron chi connectivity index (χ0n) is 11.4. The van der Waals surface area contributed by atoms with Crippen molar-refractivity contribution in [3.8, 4) is 0 Å². The van der Waals surface area contributed by atoms with Gasteiger partial charge in [-0.2, -0.15) is 0 Å². The van der Waals surface area contributed by atoms with Crippen LogP contribution in [0.2, 0.25) is 5.02 Å². The number of hydrogen-bond acceptors (Lipinski definition) is 3. The Morgan fingerprint density at radius 3 is 2.36 bits per heavy atom. The van der Waals surface area contributed by atoms with E-state index in [-0.39, 0.29) is 21.2 Å². The van der Waals surface area contributed by atoms with Gasteiger partial charge in [-0.1, -0.05) is 11.6 Å². The molecule has 1 amide bonds. The maximum atomic E-state index is 12.8. The molecular weight excluding hydrogens is 331 g/mol. The molecular formula is C14H12ClFN2O3S. The minimum Gasteiger partial charge on any atom is -0.355 e. The number of sulfonamides is 1. The van der Waals surface area contributed by atoms with Gasteiger partial charge in [0.25, 0.3) is 15.9 Å². The van der Waals surface area contributed by atoms with E-state index in [4.69, 9.17) is 11.6 Å². The Balaban J connectivity index is 2.40. The summed E-state index contributed by atoms with van der Waals surface area (Å²) in [5.41, 5.74) is 0.342.